The first-order chi connectivity index (χ1) is 4.68. The van der Waals surface area contributed by atoms with Gasteiger partial charge in [-0.25, -0.2) is 0 Å². The van der Waals surface area contributed by atoms with E-state index < -0.39 is 0 Å². The van der Waals surface area contributed by atoms with Gasteiger partial charge in [0.1, 0.15) is 5.78 Å². The van der Waals surface area contributed by atoms with Crippen molar-refractivity contribution in [1.29, 1.82) is 0 Å². The molecule has 0 heterocycles. The second kappa shape index (κ2) is 3.00. The van der Waals surface area contributed by atoms with Gasteiger partial charge >= 0.3 is 0 Å². The summed E-state index contributed by atoms with van der Waals surface area (Å²) < 4.78 is 0. The average molecular weight is 138 g/mol. The molecule has 0 spiro atoms. The summed E-state index contributed by atoms with van der Waals surface area (Å²) in [6.45, 7) is 5.86. The molecule has 1 rings (SSSR count). The van der Waals surface area contributed by atoms with Gasteiger partial charge in [0.2, 0.25) is 0 Å². The Kier molecular flexibility index (Phi) is 2.25. The van der Waals surface area contributed by atoms with Crippen LogP contribution in [0.2, 0.25) is 0 Å². The SMILES string of the molecule is C=C(C)C[C@@H]1CCC(=O)C1. The minimum atomic E-state index is 0.436. The Morgan fingerprint density at radius 1 is 1.80 bits per heavy atom. The Balaban J connectivity index is 2.31. The van der Waals surface area contributed by atoms with Gasteiger partial charge in [0, 0.05) is 12.8 Å². The van der Waals surface area contributed by atoms with E-state index in [-0.39, 0.29) is 0 Å². The van der Waals surface area contributed by atoms with E-state index in [1.807, 2.05) is 6.92 Å². The smallest absolute Gasteiger partial charge is 0.133 e. The Bertz CT molecular complexity index is 158. The van der Waals surface area contributed by atoms with Crippen LogP contribution in [0.25, 0.3) is 0 Å². The fourth-order valence-corrected chi connectivity index (χ4v) is 1.56. The molecule has 10 heavy (non-hydrogen) atoms. The molecule has 1 aliphatic carbocycles. The summed E-state index contributed by atoms with van der Waals surface area (Å²) in [4.78, 5) is 10.8. The maximum absolute atomic E-state index is 10.8. The molecule has 0 aliphatic heterocycles. The van der Waals surface area contributed by atoms with Gasteiger partial charge in [-0.05, 0) is 25.7 Å². The van der Waals surface area contributed by atoms with Crippen LogP contribution in [-0.4, -0.2) is 5.78 Å². The molecular formula is C9H14O. The van der Waals surface area contributed by atoms with Gasteiger partial charge in [0.05, 0.1) is 0 Å². The first kappa shape index (κ1) is 7.52. The summed E-state index contributed by atoms with van der Waals surface area (Å²) in [7, 11) is 0. The van der Waals surface area contributed by atoms with Crippen LogP contribution in [0.15, 0.2) is 12.2 Å². The van der Waals surface area contributed by atoms with E-state index in [0.717, 1.165) is 25.7 Å². The Morgan fingerprint density at radius 2 is 2.50 bits per heavy atom. The number of carbonyl (C=O) groups is 1. The third-order valence-electron chi connectivity index (χ3n) is 1.98. The Hall–Kier alpha value is -0.590. The van der Waals surface area contributed by atoms with Crippen molar-refractivity contribution < 1.29 is 4.79 Å². The highest BCUT2D eigenvalue weighted by Crippen LogP contribution is 2.26. The van der Waals surface area contributed by atoms with Crippen LogP contribution in [0.1, 0.15) is 32.6 Å². The van der Waals surface area contributed by atoms with E-state index in [1.165, 1.54) is 5.57 Å². The molecule has 1 nitrogen and oxygen atoms in total. The molecule has 0 bridgehead atoms. The third-order valence-corrected chi connectivity index (χ3v) is 1.98. The molecule has 0 aromatic carbocycles. The fraction of sp³-hybridized carbons (Fsp3) is 0.667. The van der Waals surface area contributed by atoms with E-state index in [0.29, 0.717) is 11.7 Å². The number of allylic oxidation sites excluding steroid dienone is 1. The molecule has 1 atom stereocenters. The number of hydrogen-bond acceptors (Lipinski definition) is 1. The van der Waals surface area contributed by atoms with Gasteiger partial charge < -0.3 is 0 Å². The number of ketones is 1. The standard InChI is InChI=1S/C9H14O/c1-7(2)5-8-3-4-9(10)6-8/h8H,1,3-6H2,2H3/t8-/m0/s1. The predicted octanol–water partition coefficient (Wildman–Crippen LogP) is 2.32. The molecule has 0 radical (unpaired) electrons. The summed E-state index contributed by atoms with van der Waals surface area (Å²) in [6.07, 6.45) is 3.74. The second-order valence-corrected chi connectivity index (χ2v) is 3.31. The highest BCUT2D eigenvalue weighted by molar-refractivity contribution is 5.80. The van der Waals surface area contributed by atoms with Crippen molar-refractivity contribution >= 4 is 5.78 Å². The summed E-state index contributed by atoms with van der Waals surface area (Å²) in [5.41, 5.74) is 1.21. The van der Waals surface area contributed by atoms with Gasteiger partial charge in [-0.3, -0.25) is 4.79 Å². The first-order valence-electron chi connectivity index (χ1n) is 3.84. The van der Waals surface area contributed by atoms with E-state index in [4.69, 9.17) is 0 Å². The molecule has 0 aromatic rings. The zero-order valence-electron chi connectivity index (χ0n) is 6.52. The van der Waals surface area contributed by atoms with Crippen LogP contribution in [-0.2, 0) is 4.79 Å². The number of Topliss-reactive ketones (excluding diaryl/α,β-unsaturated/α-hetero) is 1. The van der Waals surface area contributed by atoms with Crippen molar-refractivity contribution in [3.05, 3.63) is 12.2 Å². The largest absolute Gasteiger partial charge is 0.300 e. The molecular weight excluding hydrogens is 124 g/mol. The van der Waals surface area contributed by atoms with Crippen molar-refractivity contribution in [2.75, 3.05) is 0 Å². The highest BCUT2D eigenvalue weighted by atomic mass is 16.1. The summed E-state index contributed by atoms with van der Waals surface area (Å²) in [5.74, 6) is 1.05. The summed E-state index contributed by atoms with van der Waals surface area (Å²) in [6, 6.07) is 0. The molecule has 1 saturated carbocycles. The van der Waals surface area contributed by atoms with Crippen LogP contribution in [0.3, 0.4) is 0 Å². The van der Waals surface area contributed by atoms with E-state index in [1.54, 1.807) is 0 Å². The molecule has 0 saturated heterocycles. The minimum Gasteiger partial charge on any atom is -0.300 e. The lowest BCUT2D eigenvalue weighted by molar-refractivity contribution is -0.117. The molecule has 1 heteroatoms. The zero-order valence-corrected chi connectivity index (χ0v) is 6.52. The van der Waals surface area contributed by atoms with Crippen LogP contribution < -0.4 is 0 Å². The fourth-order valence-electron chi connectivity index (χ4n) is 1.56. The predicted molar refractivity (Wildman–Crippen MR) is 41.8 cm³/mol. The van der Waals surface area contributed by atoms with E-state index in [9.17, 15) is 4.79 Å². The summed E-state index contributed by atoms with van der Waals surface area (Å²) >= 11 is 0. The van der Waals surface area contributed by atoms with Gasteiger partial charge in [0.25, 0.3) is 0 Å². The molecule has 1 fully saturated rings. The maximum Gasteiger partial charge on any atom is 0.133 e. The lowest BCUT2D eigenvalue weighted by Gasteiger charge is -2.05. The van der Waals surface area contributed by atoms with E-state index in [2.05, 4.69) is 6.58 Å². The lowest BCUT2D eigenvalue weighted by atomic mass is 10.0. The van der Waals surface area contributed by atoms with Crippen LogP contribution in [0.4, 0.5) is 0 Å². The van der Waals surface area contributed by atoms with Gasteiger partial charge in [-0.15, -0.1) is 6.58 Å². The Morgan fingerprint density at radius 3 is 2.90 bits per heavy atom. The van der Waals surface area contributed by atoms with E-state index >= 15 is 0 Å². The van der Waals surface area contributed by atoms with Crippen LogP contribution in [0.5, 0.6) is 0 Å². The minimum absolute atomic E-state index is 0.436. The number of rotatable bonds is 2. The molecule has 0 amide bonds. The van der Waals surface area contributed by atoms with Gasteiger partial charge in [0.15, 0.2) is 0 Å². The molecule has 1 aliphatic rings. The zero-order chi connectivity index (χ0) is 7.56. The van der Waals surface area contributed by atoms with Crippen molar-refractivity contribution in [3.8, 4) is 0 Å². The van der Waals surface area contributed by atoms with Crippen molar-refractivity contribution in [3.63, 3.8) is 0 Å². The average Bonchev–Trinajstić information content (AvgIpc) is 2.13. The third kappa shape index (κ3) is 1.98. The normalized spacial score (nSPS) is 25.3. The summed E-state index contributed by atoms with van der Waals surface area (Å²) in [5, 5.41) is 0. The molecule has 0 aromatic heterocycles. The molecule has 0 unspecified atom stereocenters. The van der Waals surface area contributed by atoms with Crippen LogP contribution >= 0.6 is 0 Å². The van der Waals surface area contributed by atoms with Crippen molar-refractivity contribution in [2.24, 2.45) is 5.92 Å². The lowest BCUT2D eigenvalue weighted by Crippen LogP contribution is -1.94. The van der Waals surface area contributed by atoms with Crippen molar-refractivity contribution in [1.82, 2.24) is 0 Å². The van der Waals surface area contributed by atoms with Gasteiger partial charge in [-0.1, -0.05) is 5.57 Å². The van der Waals surface area contributed by atoms with Gasteiger partial charge in [-0.2, -0.15) is 0 Å². The Labute approximate surface area is 62.1 Å². The van der Waals surface area contributed by atoms with Crippen LogP contribution in [0, 0.1) is 5.92 Å². The quantitative estimate of drug-likeness (QED) is 0.535. The molecule has 0 N–H and O–H groups in total. The number of carbonyl (C=O) groups excluding carboxylic acids is 1. The topological polar surface area (TPSA) is 17.1 Å². The monoisotopic (exact) mass is 138 g/mol. The number of hydrogen-bond donors (Lipinski definition) is 0. The highest BCUT2D eigenvalue weighted by Gasteiger charge is 2.21. The van der Waals surface area contributed by atoms with Crippen molar-refractivity contribution in [2.45, 2.75) is 32.6 Å². The second-order valence-electron chi connectivity index (χ2n) is 3.31. The first-order valence-corrected chi connectivity index (χ1v) is 3.84. The maximum atomic E-state index is 10.8. The molecule has 56 valence electrons.